The molecule has 0 spiro atoms. The number of H-pyrrole nitrogens is 1. The fraction of sp³-hybridized carbons (Fsp3) is 0.200. The van der Waals surface area contributed by atoms with Crippen LogP contribution in [-0.4, -0.2) is 34.3 Å². The predicted molar refractivity (Wildman–Crippen MR) is 94.4 cm³/mol. The molecule has 0 radical (unpaired) electrons. The van der Waals surface area contributed by atoms with E-state index in [-0.39, 0.29) is 12.4 Å². The van der Waals surface area contributed by atoms with Gasteiger partial charge in [-0.2, -0.15) is 0 Å². The number of carbonyl (C=O) groups excluding carboxylic acids is 2. The Morgan fingerprint density at radius 1 is 1.08 bits per heavy atom. The van der Waals surface area contributed by atoms with Gasteiger partial charge in [-0.15, -0.1) is 0 Å². The molecule has 0 saturated carbocycles. The Hall–Kier alpha value is -3.08. The molecule has 1 aromatic heterocycles. The summed E-state index contributed by atoms with van der Waals surface area (Å²) >= 11 is 0. The van der Waals surface area contributed by atoms with Crippen molar-refractivity contribution in [2.45, 2.75) is 19.1 Å². The summed E-state index contributed by atoms with van der Waals surface area (Å²) in [4.78, 5) is 29.7. The number of ketones is 1. The van der Waals surface area contributed by atoms with E-state index >= 15 is 0 Å². The third-order valence-corrected chi connectivity index (χ3v) is 4.62. The van der Waals surface area contributed by atoms with Crippen molar-refractivity contribution in [3.8, 4) is 0 Å². The number of nitrogens with zero attached hydrogens (tertiary/aromatic N) is 1. The number of amides is 1. The molecule has 1 unspecified atom stereocenters. The Morgan fingerprint density at radius 3 is 2.60 bits per heavy atom. The first kappa shape index (κ1) is 15.4. The minimum absolute atomic E-state index is 0.0413. The molecule has 2 heterocycles. The van der Waals surface area contributed by atoms with Crippen LogP contribution in [0.5, 0.6) is 0 Å². The van der Waals surface area contributed by atoms with Gasteiger partial charge in [-0.3, -0.25) is 9.69 Å². The van der Waals surface area contributed by atoms with Crippen LogP contribution in [0.2, 0.25) is 0 Å². The average Bonchev–Trinajstić information content (AvgIpc) is 3.04. The van der Waals surface area contributed by atoms with Crippen LogP contribution in [0.1, 0.15) is 22.3 Å². The number of fused-ring (bicyclic) bond motifs is 1. The van der Waals surface area contributed by atoms with Crippen LogP contribution >= 0.6 is 0 Å². The molecule has 3 aromatic rings. The number of hydrogen-bond donors (Lipinski definition) is 1. The first-order valence-electron chi connectivity index (χ1n) is 8.31. The number of hydrogen-bond acceptors (Lipinski definition) is 3. The second-order valence-electron chi connectivity index (χ2n) is 6.15. The van der Waals surface area contributed by atoms with E-state index in [2.05, 4.69) is 4.98 Å². The molecule has 2 aromatic carbocycles. The maximum atomic E-state index is 12.8. The van der Waals surface area contributed by atoms with Gasteiger partial charge < -0.3 is 9.72 Å². The highest BCUT2D eigenvalue weighted by molar-refractivity contribution is 6.11. The number of benzene rings is 2. The topological polar surface area (TPSA) is 62.4 Å². The van der Waals surface area contributed by atoms with Crippen molar-refractivity contribution in [2.24, 2.45) is 0 Å². The van der Waals surface area contributed by atoms with Crippen LogP contribution in [0.3, 0.4) is 0 Å². The molecule has 4 rings (SSSR count). The Bertz CT molecular complexity index is 917. The highest BCUT2D eigenvalue weighted by atomic mass is 16.6. The molecule has 5 heteroatoms. The van der Waals surface area contributed by atoms with Crippen molar-refractivity contribution in [2.75, 3.05) is 6.54 Å². The maximum absolute atomic E-state index is 12.8. The van der Waals surface area contributed by atoms with Gasteiger partial charge in [0.1, 0.15) is 12.6 Å². The minimum atomic E-state index is -0.442. The van der Waals surface area contributed by atoms with Crippen molar-refractivity contribution in [1.82, 2.24) is 9.88 Å². The monoisotopic (exact) mass is 334 g/mol. The zero-order valence-electron chi connectivity index (χ0n) is 13.6. The number of carbonyl (C=O) groups is 2. The van der Waals surface area contributed by atoms with Crippen LogP contribution in [0.15, 0.2) is 60.8 Å². The van der Waals surface area contributed by atoms with Gasteiger partial charge in [0.15, 0.2) is 5.78 Å². The first-order valence-corrected chi connectivity index (χ1v) is 8.31. The predicted octanol–water partition coefficient (Wildman–Crippen LogP) is 3.76. The molecule has 5 nitrogen and oxygen atoms in total. The van der Waals surface area contributed by atoms with Gasteiger partial charge in [-0.25, -0.2) is 4.79 Å². The average molecular weight is 334 g/mol. The molecular formula is C20H18N2O3. The summed E-state index contributed by atoms with van der Waals surface area (Å²) in [5.41, 5.74) is 2.47. The Labute approximate surface area is 145 Å². The smallest absolute Gasteiger partial charge is 0.410 e. The van der Waals surface area contributed by atoms with E-state index < -0.39 is 12.1 Å². The van der Waals surface area contributed by atoms with Crippen LogP contribution in [0.25, 0.3) is 10.9 Å². The van der Waals surface area contributed by atoms with Gasteiger partial charge >= 0.3 is 6.09 Å². The second-order valence-corrected chi connectivity index (χ2v) is 6.15. The summed E-state index contributed by atoms with van der Waals surface area (Å²) < 4.78 is 5.34. The van der Waals surface area contributed by atoms with Crippen molar-refractivity contribution in [3.63, 3.8) is 0 Å². The summed E-state index contributed by atoms with van der Waals surface area (Å²) in [5.74, 6) is -0.0413. The third kappa shape index (κ3) is 2.89. The van der Waals surface area contributed by atoms with Crippen molar-refractivity contribution >= 4 is 22.8 Å². The molecule has 1 aliphatic rings. The molecule has 1 atom stereocenters. The lowest BCUT2D eigenvalue weighted by Crippen LogP contribution is -2.55. The molecule has 0 aliphatic carbocycles. The lowest BCUT2D eigenvalue weighted by Gasteiger charge is -2.38. The SMILES string of the molecule is O=C(c1c[nH]c2ccccc12)C1CCN1C(=O)OCc1ccccc1. The van der Waals surface area contributed by atoms with Crippen LogP contribution in [0.4, 0.5) is 4.79 Å². The van der Waals surface area contributed by atoms with E-state index in [1.165, 1.54) is 4.90 Å². The summed E-state index contributed by atoms with van der Waals surface area (Å²) in [6.07, 6.45) is 1.95. The Balaban J connectivity index is 1.44. The molecule has 1 fully saturated rings. The fourth-order valence-electron chi connectivity index (χ4n) is 3.14. The van der Waals surface area contributed by atoms with Crippen LogP contribution < -0.4 is 0 Å². The van der Waals surface area contributed by atoms with Gasteiger partial charge in [-0.05, 0) is 18.1 Å². The highest BCUT2D eigenvalue weighted by Gasteiger charge is 2.39. The molecule has 126 valence electrons. The normalized spacial score (nSPS) is 16.5. The number of aromatic amines is 1. The number of Topliss-reactive ketones (excluding diaryl/α,β-unsaturated/α-hetero) is 1. The van der Waals surface area contributed by atoms with Crippen LogP contribution in [0, 0.1) is 0 Å². The zero-order chi connectivity index (χ0) is 17.2. The lowest BCUT2D eigenvalue weighted by molar-refractivity contribution is 0.0383. The highest BCUT2D eigenvalue weighted by Crippen LogP contribution is 2.26. The Morgan fingerprint density at radius 2 is 1.84 bits per heavy atom. The van der Waals surface area contributed by atoms with E-state index in [1.807, 2.05) is 54.6 Å². The summed E-state index contributed by atoms with van der Waals surface area (Å²) in [5, 5.41) is 0.886. The molecule has 1 amide bonds. The van der Waals surface area contributed by atoms with Gasteiger partial charge in [0.2, 0.25) is 0 Å². The van der Waals surface area contributed by atoms with Crippen molar-refractivity contribution in [1.29, 1.82) is 0 Å². The largest absolute Gasteiger partial charge is 0.445 e. The van der Waals surface area contributed by atoms with Crippen molar-refractivity contribution < 1.29 is 14.3 Å². The van der Waals surface area contributed by atoms with E-state index in [1.54, 1.807) is 6.20 Å². The van der Waals surface area contributed by atoms with Crippen molar-refractivity contribution in [3.05, 3.63) is 71.9 Å². The number of aromatic nitrogens is 1. The summed E-state index contributed by atoms with van der Waals surface area (Å²) in [7, 11) is 0. The molecule has 25 heavy (non-hydrogen) atoms. The molecular weight excluding hydrogens is 316 g/mol. The molecule has 1 saturated heterocycles. The van der Waals surface area contributed by atoms with Gasteiger partial charge in [0, 0.05) is 29.2 Å². The maximum Gasteiger partial charge on any atom is 0.410 e. The first-order chi connectivity index (χ1) is 12.2. The van der Waals surface area contributed by atoms with E-state index in [4.69, 9.17) is 4.74 Å². The lowest BCUT2D eigenvalue weighted by atomic mass is 9.94. The third-order valence-electron chi connectivity index (χ3n) is 4.62. The zero-order valence-corrected chi connectivity index (χ0v) is 13.6. The molecule has 0 bridgehead atoms. The van der Waals surface area contributed by atoms with Gasteiger partial charge in [-0.1, -0.05) is 48.5 Å². The minimum Gasteiger partial charge on any atom is -0.445 e. The van der Waals surface area contributed by atoms with Crippen LogP contribution in [-0.2, 0) is 11.3 Å². The number of para-hydroxylation sites is 1. The number of likely N-dealkylation sites (tertiary alicyclic amines) is 1. The fourth-order valence-corrected chi connectivity index (χ4v) is 3.14. The standard InChI is InChI=1S/C20H18N2O3/c23-19(16-12-21-17-9-5-4-8-15(16)17)18-10-11-22(18)20(24)25-13-14-6-2-1-3-7-14/h1-9,12,18,21H,10-11,13H2. The number of nitrogens with one attached hydrogen (secondary N) is 1. The van der Waals surface area contributed by atoms with Gasteiger partial charge in [0.25, 0.3) is 0 Å². The summed E-state index contributed by atoms with van der Waals surface area (Å²) in [6.45, 7) is 0.760. The number of rotatable bonds is 4. The van der Waals surface area contributed by atoms with E-state index in [9.17, 15) is 9.59 Å². The molecule has 1 N–H and O–H groups in total. The van der Waals surface area contributed by atoms with E-state index in [0.717, 1.165) is 16.5 Å². The number of ether oxygens (including phenoxy) is 1. The Kier molecular flexibility index (Phi) is 3.98. The molecule has 1 aliphatic heterocycles. The van der Waals surface area contributed by atoms with Gasteiger partial charge in [0.05, 0.1) is 0 Å². The second kappa shape index (κ2) is 6.43. The quantitative estimate of drug-likeness (QED) is 0.739. The van der Waals surface area contributed by atoms with E-state index in [0.29, 0.717) is 18.5 Å². The summed E-state index contributed by atoms with van der Waals surface area (Å²) in [6, 6.07) is 16.7.